The summed E-state index contributed by atoms with van der Waals surface area (Å²) in [4.78, 5) is 11.1. The predicted octanol–water partition coefficient (Wildman–Crippen LogP) is 2.07. The molecule has 4 nitrogen and oxygen atoms in total. The lowest BCUT2D eigenvalue weighted by Gasteiger charge is -2.21. The Bertz CT molecular complexity index is 460. The average molecular weight is 272 g/mol. The lowest BCUT2D eigenvalue weighted by molar-refractivity contribution is 0.547. The largest absolute Gasteiger partial charge is 0.344 e. The third kappa shape index (κ3) is 4.82. The van der Waals surface area contributed by atoms with E-state index in [-0.39, 0.29) is 0 Å². The lowest BCUT2D eigenvalue weighted by atomic mass is 10.2. The maximum absolute atomic E-state index is 5.46. The first-order valence-electron chi connectivity index (χ1n) is 7.39. The topological polar surface area (TPSA) is 41.1 Å². The summed E-state index contributed by atoms with van der Waals surface area (Å²) in [5.41, 5.74) is 0.973. The first-order chi connectivity index (χ1) is 9.69. The molecular weight excluding hydrogens is 248 g/mol. The Balaban J connectivity index is 1.96. The van der Waals surface area contributed by atoms with Crippen molar-refractivity contribution in [2.24, 2.45) is 11.8 Å². The molecule has 1 N–H and O–H groups in total. The SMILES string of the molecule is C#CCN(CC1CC1)c1cncc(CNCC(C)C)n1. The van der Waals surface area contributed by atoms with Crippen LogP contribution in [0.15, 0.2) is 12.4 Å². The van der Waals surface area contributed by atoms with Gasteiger partial charge in [-0.3, -0.25) is 4.98 Å². The Labute approximate surface area is 122 Å². The minimum atomic E-state index is 0.605. The number of nitrogens with zero attached hydrogens (tertiary/aromatic N) is 3. The first-order valence-corrected chi connectivity index (χ1v) is 7.39. The van der Waals surface area contributed by atoms with E-state index < -0.39 is 0 Å². The van der Waals surface area contributed by atoms with Crippen molar-refractivity contribution in [3.8, 4) is 12.3 Å². The third-order valence-electron chi connectivity index (χ3n) is 3.31. The van der Waals surface area contributed by atoms with Crippen molar-refractivity contribution in [3.63, 3.8) is 0 Å². The molecule has 1 aliphatic rings. The van der Waals surface area contributed by atoms with Crippen LogP contribution in [0.5, 0.6) is 0 Å². The number of aromatic nitrogens is 2. The van der Waals surface area contributed by atoms with Gasteiger partial charge in [0.1, 0.15) is 5.82 Å². The number of anilines is 1. The van der Waals surface area contributed by atoms with Gasteiger partial charge in [0.2, 0.25) is 0 Å². The summed E-state index contributed by atoms with van der Waals surface area (Å²) >= 11 is 0. The number of rotatable bonds is 8. The molecule has 1 fully saturated rings. The third-order valence-corrected chi connectivity index (χ3v) is 3.31. The van der Waals surface area contributed by atoms with Crippen LogP contribution in [0.2, 0.25) is 0 Å². The Hall–Kier alpha value is -1.60. The molecule has 1 heterocycles. The Morgan fingerprint density at radius 2 is 2.25 bits per heavy atom. The number of terminal acetylenes is 1. The van der Waals surface area contributed by atoms with Crippen molar-refractivity contribution in [3.05, 3.63) is 18.1 Å². The van der Waals surface area contributed by atoms with Crippen LogP contribution in [0.25, 0.3) is 0 Å². The van der Waals surface area contributed by atoms with Crippen molar-refractivity contribution in [1.82, 2.24) is 15.3 Å². The highest BCUT2D eigenvalue weighted by molar-refractivity contribution is 5.38. The summed E-state index contributed by atoms with van der Waals surface area (Å²) in [5, 5.41) is 3.39. The van der Waals surface area contributed by atoms with E-state index in [0.717, 1.165) is 37.1 Å². The molecule has 20 heavy (non-hydrogen) atoms. The van der Waals surface area contributed by atoms with Gasteiger partial charge < -0.3 is 10.2 Å². The number of hydrogen-bond acceptors (Lipinski definition) is 4. The molecule has 0 saturated heterocycles. The Morgan fingerprint density at radius 1 is 1.45 bits per heavy atom. The highest BCUT2D eigenvalue weighted by atomic mass is 15.2. The molecule has 0 spiro atoms. The molecule has 4 heteroatoms. The van der Waals surface area contributed by atoms with Crippen molar-refractivity contribution in [2.45, 2.75) is 33.2 Å². The molecule has 0 unspecified atom stereocenters. The molecule has 2 rings (SSSR count). The van der Waals surface area contributed by atoms with E-state index in [2.05, 4.69) is 40.0 Å². The zero-order valence-electron chi connectivity index (χ0n) is 12.5. The molecule has 1 aromatic heterocycles. The fraction of sp³-hybridized carbons (Fsp3) is 0.625. The van der Waals surface area contributed by atoms with Gasteiger partial charge in [-0.05, 0) is 31.2 Å². The first kappa shape index (κ1) is 14.8. The summed E-state index contributed by atoms with van der Waals surface area (Å²) in [6.45, 7) is 7.74. The molecule has 0 bridgehead atoms. The van der Waals surface area contributed by atoms with Crippen LogP contribution >= 0.6 is 0 Å². The van der Waals surface area contributed by atoms with Crippen LogP contribution in [0.1, 0.15) is 32.4 Å². The van der Waals surface area contributed by atoms with Gasteiger partial charge >= 0.3 is 0 Å². The van der Waals surface area contributed by atoms with Crippen LogP contribution < -0.4 is 10.2 Å². The van der Waals surface area contributed by atoms with Crippen molar-refractivity contribution in [2.75, 3.05) is 24.5 Å². The van der Waals surface area contributed by atoms with Gasteiger partial charge in [-0.15, -0.1) is 6.42 Å². The normalized spacial score (nSPS) is 14.3. The zero-order valence-corrected chi connectivity index (χ0v) is 12.5. The fourth-order valence-electron chi connectivity index (χ4n) is 2.08. The predicted molar refractivity (Wildman–Crippen MR) is 82.3 cm³/mol. The van der Waals surface area contributed by atoms with Crippen molar-refractivity contribution < 1.29 is 0 Å². The van der Waals surface area contributed by atoms with Gasteiger partial charge in [0, 0.05) is 19.3 Å². The Kier molecular flexibility index (Phi) is 5.37. The quantitative estimate of drug-likeness (QED) is 0.736. The Morgan fingerprint density at radius 3 is 2.90 bits per heavy atom. The molecule has 0 aliphatic heterocycles. The molecule has 0 amide bonds. The van der Waals surface area contributed by atoms with Gasteiger partial charge in [0.25, 0.3) is 0 Å². The molecule has 0 radical (unpaired) electrons. The summed E-state index contributed by atoms with van der Waals surface area (Å²) in [5.74, 6) is 5.04. The van der Waals surface area contributed by atoms with E-state index in [1.807, 2.05) is 12.4 Å². The second-order valence-corrected chi connectivity index (χ2v) is 5.92. The van der Waals surface area contributed by atoms with Gasteiger partial charge in [-0.1, -0.05) is 19.8 Å². The minimum absolute atomic E-state index is 0.605. The molecular formula is C16H24N4. The van der Waals surface area contributed by atoms with Crippen LogP contribution in [-0.2, 0) is 6.54 Å². The van der Waals surface area contributed by atoms with E-state index in [1.165, 1.54) is 12.8 Å². The van der Waals surface area contributed by atoms with Crippen LogP contribution in [0, 0.1) is 24.2 Å². The minimum Gasteiger partial charge on any atom is -0.344 e. The van der Waals surface area contributed by atoms with Gasteiger partial charge in [-0.25, -0.2) is 4.98 Å². The second kappa shape index (κ2) is 7.25. The standard InChI is InChI=1S/C16H24N4/c1-4-7-20(12-14-5-6-14)16-11-18-10-15(19-16)9-17-8-13(2)3/h1,10-11,13-14,17H,5-9,12H2,2-3H3. The van der Waals surface area contributed by atoms with Crippen LogP contribution in [0.3, 0.4) is 0 Å². The molecule has 1 aromatic rings. The number of nitrogens with one attached hydrogen (secondary N) is 1. The van der Waals surface area contributed by atoms with Crippen molar-refractivity contribution in [1.29, 1.82) is 0 Å². The smallest absolute Gasteiger partial charge is 0.148 e. The molecule has 0 aromatic carbocycles. The van der Waals surface area contributed by atoms with Gasteiger partial charge in [0.15, 0.2) is 0 Å². The maximum atomic E-state index is 5.46. The van der Waals surface area contributed by atoms with Gasteiger partial charge in [0.05, 0.1) is 18.4 Å². The van der Waals surface area contributed by atoms with Crippen molar-refractivity contribution >= 4 is 5.82 Å². The van der Waals surface area contributed by atoms with Crippen LogP contribution in [-0.4, -0.2) is 29.6 Å². The zero-order chi connectivity index (χ0) is 14.4. The van der Waals surface area contributed by atoms with E-state index in [0.29, 0.717) is 12.5 Å². The van der Waals surface area contributed by atoms with Crippen LogP contribution in [0.4, 0.5) is 5.82 Å². The summed E-state index contributed by atoms with van der Waals surface area (Å²) in [7, 11) is 0. The fourth-order valence-corrected chi connectivity index (χ4v) is 2.08. The molecule has 0 atom stereocenters. The van der Waals surface area contributed by atoms with Gasteiger partial charge in [-0.2, -0.15) is 0 Å². The molecule has 1 saturated carbocycles. The highest BCUT2D eigenvalue weighted by Gasteiger charge is 2.24. The molecule has 1 aliphatic carbocycles. The second-order valence-electron chi connectivity index (χ2n) is 5.92. The number of hydrogen-bond donors (Lipinski definition) is 1. The monoisotopic (exact) mass is 272 g/mol. The summed E-state index contributed by atoms with van der Waals surface area (Å²) < 4.78 is 0. The summed E-state index contributed by atoms with van der Waals surface area (Å²) in [6.07, 6.45) is 11.7. The highest BCUT2D eigenvalue weighted by Crippen LogP contribution is 2.30. The van der Waals surface area contributed by atoms with E-state index in [4.69, 9.17) is 6.42 Å². The lowest BCUT2D eigenvalue weighted by Crippen LogP contribution is -2.28. The van der Waals surface area contributed by atoms with E-state index in [9.17, 15) is 0 Å². The van der Waals surface area contributed by atoms with E-state index in [1.54, 1.807) is 0 Å². The van der Waals surface area contributed by atoms with E-state index >= 15 is 0 Å². The average Bonchev–Trinajstić information content (AvgIpc) is 3.22. The maximum Gasteiger partial charge on any atom is 0.148 e. The summed E-state index contributed by atoms with van der Waals surface area (Å²) in [6, 6.07) is 0. The molecule has 108 valence electrons.